The molecule has 0 aromatic carbocycles. The molecule has 0 saturated heterocycles. The maximum Gasteiger partial charge on any atom is 0.0728 e. The van der Waals surface area contributed by atoms with E-state index in [0.717, 1.165) is 13.2 Å². The molecule has 1 aliphatic carbocycles. The molecular formula is C17H35NO. The second kappa shape index (κ2) is 11.7. The fourth-order valence-electron chi connectivity index (χ4n) is 2.98. The van der Waals surface area contributed by atoms with E-state index in [2.05, 4.69) is 19.2 Å². The van der Waals surface area contributed by atoms with Crippen molar-refractivity contribution in [1.29, 1.82) is 0 Å². The van der Waals surface area contributed by atoms with Crippen LogP contribution in [0.2, 0.25) is 0 Å². The van der Waals surface area contributed by atoms with Gasteiger partial charge < -0.3 is 10.1 Å². The molecule has 1 N–H and O–H groups in total. The summed E-state index contributed by atoms with van der Waals surface area (Å²) in [5.74, 6) is 0. The Morgan fingerprint density at radius 3 is 2.42 bits per heavy atom. The third-order valence-electron chi connectivity index (χ3n) is 4.19. The van der Waals surface area contributed by atoms with Crippen molar-refractivity contribution in [2.75, 3.05) is 13.2 Å². The van der Waals surface area contributed by atoms with Crippen LogP contribution in [-0.2, 0) is 4.74 Å². The lowest BCUT2D eigenvalue weighted by molar-refractivity contribution is 0.00347. The predicted octanol–water partition coefficient (Wildman–Crippen LogP) is 4.67. The average Bonchev–Trinajstić information content (AvgIpc) is 2.45. The van der Waals surface area contributed by atoms with Gasteiger partial charge in [-0.25, -0.2) is 0 Å². The van der Waals surface area contributed by atoms with Crippen LogP contribution in [0.15, 0.2) is 0 Å². The van der Waals surface area contributed by atoms with Gasteiger partial charge in [0.15, 0.2) is 0 Å². The molecule has 0 amide bonds. The van der Waals surface area contributed by atoms with Crippen molar-refractivity contribution in [3.63, 3.8) is 0 Å². The molecule has 1 aliphatic rings. The first-order valence-corrected chi connectivity index (χ1v) is 8.73. The maximum atomic E-state index is 6.14. The summed E-state index contributed by atoms with van der Waals surface area (Å²) in [7, 11) is 0. The van der Waals surface area contributed by atoms with Gasteiger partial charge in [0.05, 0.1) is 6.10 Å². The second-order valence-electron chi connectivity index (χ2n) is 6.02. The minimum Gasteiger partial charge on any atom is -0.377 e. The quantitative estimate of drug-likeness (QED) is 0.550. The third kappa shape index (κ3) is 7.94. The number of rotatable bonds is 11. The van der Waals surface area contributed by atoms with Crippen molar-refractivity contribution in [1.82, 2.24) is 5.32 Å². The van der Waals surface area contributed by atoms with Crippen LogP contribution in [0.25, 0.3) is 0 Å². The lowest BCUT2D eigenvalue weighted by atomic mass is 9.92. The molecule has 114 valence electrons. The van der Waals surface area contributed by atoms with Gasteiger partial charge in [-0.15, -0.1) is 0 Å². The highest BCUT2D eigenvalue weighted by Gasteiger charge is 2.24. The smallest absolute Gasteiger partial charge is 0.0728 e. The van der Waals surface area contributed by atoms with E-state index in [9.17, 15) is 0 Å². The predicted molar refractivity (Wildman–Crippen MR) is 83.7 cm³/mol. The zero-order valence-corrected chi connectivity index (χ0v) is 13.3. The van der Waals surface area contributed by atoms with Crippen LogP contribution < -0.4 is 5.32 Å². The summed E-state index contributed by atoms with van der Waals surface area (Å²) in [6.07, 6.45) is 15.1. The lowest BCUT2D eigenvalue weighted by Crippen LogP contribution is -2.44. The van der Waals surface area contributed by atoms with Crippen LogP contribution >= 0.6 is 0 Å². The lowest BCUT2D eigenvalue weighted by Gasteiger charge is -2.32. The van der Waals surface area contributed by atoms with Gasteiger partial charge in [-0.1, -0.05) is 58.8 Å². The Morgan fingerprint density at radius 2 is 1.63 bits per heavy atom. The molecule has 19 heavy (non-hydrogen) atoms. The van der Waals surface area contributed by atoms with Crippen LogP contribution in [0, 0.1) is 0 Å². The molecular weight excluding hydrogens is 234 g/mol. The maximum absolute atomic E-state index is 6.14. The summed E-state index contributed by atoms with van der Waals surface area (Å²) in [6.45, 7) is 6.63. The van der Waals surface area contributed by atoms with E-state index in [0.29, 0.717) is 12.1 Å². The largest absolute Gasteiger partial charge is 0.377 e. The fourth-order valence-corrected chi connectivity index (χ4v) is 2.98. The van der Waals surface area contributed by atoms with Crippen LogP contribution in [0.4, 0.5) is 0 Å². The number of unbranched alkanes of at least 4 members (excludes halogenated alkanes) is 5. The molecule has 2 unspecified atom stereocenters. The van der Waals surface area contributed by atoms with Crippen molar-refractivity contribution in [2.24, 2.45) is 0 Å². The Hall–Kier alpha value is -0.0800. The van der Waals surface area contributed by atoms with Crippen LogP contribution in [0.3, 0.4) is 0 Å². The summed E-state index contributed by atoms with van der Waals surface area (Å²) in [5.41, 5.74) is 0. The Morgan fingerprint density at radius 1 is 0.895 bits per heavy atom. The fraction of sp³-hybridized carbons (Fsp3) is 1.00. The van der Waals surface area contributed by atoms with Gasteiger partial charge >= 0.3 is 0 Å². The summed E-state index contributed by atoms with van der Waals surface area (Å²) in [5, 5.41) is 3.67. The van der Waals surface area contributed by atoms with E-state index >= 15 is 0 Å². The standard InChI is InChI=1S/C17H35NO/c1-3-5-6-7-8-11-15-19-17-13-10-9-12-16(17)18-14-4-2/h16-18H,3-15H2,1-2H3. The van der Waals surface area contributed by atoms with Gasteiger partial charge in [0.25, 0.3) is 0 Å². The average molecular weight is 269 g/mol. The van der Waals surface area contributed by atoms with Crippen LogP contribution in [0.1, 0.15) is 84.5 Å². The molecule has 2 heteroatoms. The Labute approximate surface area is 120 Å². The SMILES string of the molecule is CCCCCCCCOC1CCCCC1NCCC. The minimum atomic E-state index is 0.482. The highest BCUT2D eigenvalue weighted by Crippen LogP contribution is 2.21. The third-order valence-corrected chi connectivity index (χ3v) is 4.19. The highest BCUT2D eigenvalue weighted by molar-refractivity contribution is 4.81. The number of nitrogens with one attached hydrogen (secondary N) is 1. The highest BCUT2D eigenvalue weighted by atomic mass is 16.5. The van der Waals surface area contributed by atoms with Crippen molar-refractivity contribution >= 4 is 0 Å². The number of ether oxygens (including phenoxy) is 1. The molecule has 0 aliphatic heterocycles. The second-order valence-corrected chi connectivity index (χ2v) is 6.02. The van der Waals surface area contributed by atoms with Crippen LogP contribution in [-0.4, -0.2) is 25.3 Å². The van der Waals surface area contributed by atoms with Crippen molar-refractivity contribution in [3.05, 3.63) is 0 Å². The summed E-state index contributed by atoms with van der Waals surface area (Å²) < 4.78 is 6.14. The molecule has 0 radical (unpaired) electrons. The zero-order valence-electron chi connectivity index (χ0n) is 13.3. The van der Waals surface area contributed by atoms with E-state index in [4.69, 9.17) is 4.74 Å². The molecule has 0 aromatic heterocycles. The van der Waals surface area contributed by atoms with Crippen molar-refractivity contribution in [3.8, 4) is 0 Å². The monoisotopic (exact) mass is 269 g/mol. The Bertz CT molecular complexity index is 196. The van der Waals surface area contributed by atoms with E-state index in [1.165, 1.54) is 70.6 Å². The summed E-state index contributed by atoms with van der Waals surface area (Å²) in [4.78, 5) is 0. The van der Waals surface area contributed by atoms with E-state index < -0.39 is 0 Å². The number of hydrogen-bond acceptors (Lipinski definition) is 2. The molecule has 0 heterocycles. The Balaban J connectivity index is 2.04. The number of hydrogen-bond donors (Lipinski definition) is 1. The molecule has 2 atom stereocenters. The molecule has 0 spiro atoms. The Kier molecular flexibility index (Phi) is 10.5. The van der Waals surface area contributed by atoms with Gasteiger partial charge in [-0.2, -0.15) is 0 Å². The summed E-state index contributed by atoms with van der Waals surface area (Å²) in [6, 6.07) is 0.619. The van der Waals surface area contributed by atoms with Crippen molar-refractivity contribution < 1.29 is 4.74 Å². The van der Waals surface area contributed by atoms with E-state index in [1.807, 2.05) is 0 Å². The molecule has 1 saturated carbocycles. The van der Waals surface area contributed by atoms with Gasteiger partial charge in [0, 0.05) is 12.6 Å². The first-order valence-electron chi connectivity index (χ1n) is 8.73. The normalized spacial score (nSPS) is 23.7. The van der Waals surface area contributed by atoms with E-state index in [1.54, 1.807) is 0 Å². The van der Waals surface area contributed by atoms with E-state index in [-0.39, 0.29) is 0 Å². The molecule has 1 fully saturated rings. The molecule has 2 nitrogen and oxygen atoms in total. The first kappa shape index (κ1) is 17.0. The van der Waals surface area contributed by atoms with Gasteiger partial charge in [-0.3, -0.25) is 0 Å². The molecule has 0 aromatic rings. The van der Waals surface area contributed by atoms with Gasteiger partial charge in [0.1, 0.15) is 0 Å². The molecule has 1 rings (SSSR count). The van der Waals surface area contributed by atoms with Crippen molar-refractivity contribution in [2.45, 2.75) is 96.6 Å². The zero-order chi connectivity index (χ0) is 13.8. The van der Waals surface area contributed by atoms with Gasteiger partial charge in [-0.05, 0) is 32.2 Å². The van der Waals surface area contributed by atoms with Gasteiger partial charge in [0.2, 0.25) is 0 Å². The molecule has 0 bridgehead atoms. The van der Waals surface area contributed by atoms with Crippen LogP contribution in [0.5, 0.6) is 0 Å². The summed E-state index contributed by atoms with van der Waals surface area (Å²) >= 11 is 0. The minimum absolute atomic E-state index is 0.482. The topological polar surface area (TPSA) is 21.3 Å². The first-order chi connectivity index (χ1) is 9.38.